The SMILES string of the molecule is O=C(O)COCCC12CCC(c3cccc(Oc4ccccc4)c3)(CC1)CO2. The Morgan fingerprint density at radius 2 is 1.75 bits per heavy atom. The molecule has 2 saturated heterocycles. The molecule has 2 heterocycles. The van der Waals surface area contributed by atoms with Gasteiger partial charge in [0.25, 0.3) is 0 Å². The summed E-state index contributed by atoms with van der Waals surface area (Å²) in [5.41, 5.74) is 1.16. The summed E-state index contributed by atoms with van der Waals surface area (Å²) >= 11 is 0. The van der Waals surface area contributed by atoms with Gasteiger partial charge in [0.15, 0.2) is 0 Å². The molecule has 2 aliphatic heterocycles. The number of carbonyl (C=O) groups is 1. The minimum atomic E-state index is -0.928. The Bertz CT molecular complexity index is 792. The first-order valence-corrected chi connectivity index (χ1v) is 9.86. The molecule has 2 aromatic carbocycles. The van der Waals surface area contributed by atoms with E-state index in [9.17, 15) is 4.79 Å². The van der Waals surface area contributed by atoms with Crippen LogP contribution in [0.1, 0.15) is 37.7 Å². The molecule has 0 amide bonds. The zero-order chi connectivity index (χ0) is 19.5. The number of para-hydroxylation sites is 1. The monoisotopic (exact) mass is 382 g/mol. The van der Waals surface area contributed by atoms with Crippen LogP contribution in [-0.2, 0) is 19.7 Å². The van der Waals surface area contributed by atoms with Crippen molar-refractivity contribution in [1.82, 2.24) is 0 Å². The minimum absolute atomic E-state index is 0.0414. The van der Waals surface area contributed by atoms with Crippen LogP contribution in [0, 0.1) is 0 Å². The van der Waals surface area contributed by atoms with E-state index in [0.717, 1.165) is 43.6 Å². The first-order chi connectivity index (χ1) is 13.6. The number of ether oxygens (including phenoxy) is 3. The zero-order valence-corrected chi connectivity index (χ0v) is 15.9. The summed E-state index contributed by atoms with van der Waals surface area (Å²) in [4.78, 5) is 10.6. The van der Waals surface area contributed by atoms with E-state index in [4.69, 9.17) is 19.3 Å². The van der Waals surface area contributed by atoms with Crippen molar-refractivity contribution < 1.29 is 24.1 Å². The summed E-state index contributed by atoms with van der Waals surface area (Å²) in [7, 11) is 0. The maximum Gasteiger partial charge on any atom is 0.329 e. The number of hydrogen-bond donors (Lipinski definition) is 1. The van der Waals surface area contributed by atoms with E-state index in [-0.39, 0.29) is 17.6 Å². The number of aliphatic carboxylic acids is 1. The van der Waals surface area contributed by atoms with Crippen molar-refractivity contribution in [3.8, 4) is 11.5 Å². The van der Waals surface area contributed by atoms with Crippen LogP contribution >= 0.6 is 0 Å². The number of rotatable bonds is 8. The average molecular weight is 382 g/mol. The summed E-state index contributed by atoms with van der Waals surface area (Å²) in [5.74, 6) is 0.756. The molecule has 1 N–H and O–H groups in total. The Kier molecular flexibility index (Phi) is 5.38. The average Bonchev–Trinajstić information content (AvgIpc) is 2.74. The lowest BCUT2D eigenvalue weighted by Crippen LogP contribution is -2.53. The summed E-state index contributed by atoms with van der Waals surface area (Å²) < 4.78 is 17.6. The molecule has 5 nitrogen and oxygen atoms in total. The molecule has 0 unspecified atom stereocenters. The van der Waals surface area contributed by atoms with Crippen LogP contribution in [-0.4, -0.2) is 36.5 Å². The number of carboxylic acids is 1. The van der Waals surface area contributed by atoms with Crippen LogP contribution in [0.4, 0.5) is 0 Å². The predicted molar refractivity (Wildman–Crippen MR) is 105 cm³/mol. The van der Waals surface area contributed by atoms with Gasteiger partial charge in [0.05, 0.1) is 18.8 Å². The quantitative estimate of drug-likeness (QED) is 0.679. The van der Waals surface area contributed by atoms with Gasteiger partial charge in [-0.15, -0.1) is 0 Å². The van der Waals surface area contributed by atoms with Crippen LogP contribution < -0.4 is 4.74 Å². The number of carboxylic acid groups (broad SMARTS) is 1. The van der Waals surface area contributed by atoms with Crippen LogP contribution in [0.2, 0.25) is 0 Å². The van der Waals surface area contributed by atoms with E-state index < -0.39 is 5.97 Å². The lowest BCUT2D eigenvalue weighted by Gasteiger charge is -2.53. The Hall–Kier alpha value is -2.37. The van der Waals surface area contributed by atoms with Gasteiger partial charge < -0.3 is 19.3 Å². The van der Waals surface area contributed by atoms with Gasteiger partial charge in [-0.2, -0.15) is 0 Å². The molecular formula is C23H26O5. The summed E-state index contributed by atoms with van der Waals surface area (Å²) in [5, 5.41) is 8.69. The highest BCUT2D eigenvalue weighted by molar-refractivity contribution is 5.67. The second-order valence-electron chi connectivity index (χ2n) is 7.89. The molecule has 5 rings (SSSR count). The van der Waals surface area contributed by atoms with Gasteiger partial charge in [-0.05, 0) is 61.9 Å². The topological polar surface area (TPSA) is 65.0 Å². The van der Waals surface area contributed by atoms with Gasteiger partial charge in [-0.1, -0.05) is 30.3 Å². The molecule has 3 fully saturated rings. The van der Waals surface area contributed by atoms with Crippen molar-refractivity contribution in [2.75, 3.05) is 19.8 Å². The van der Waals surface area contributed by atoms with Gasteiger partial charge in [0, 0.05) is 5.41 Å². The van der Waals surface area contributed by atoms with Crippen LogP contribution in [0.3, 0.4) is 0 Å². The van der Waals surface area contributed by atoms with E-state index in [0.29, 0.717) is 13.2 Å². The van der Waals surface area contributed by atoms with Gasteiger partial charge in [0.2, 0.25) is 0 Å². The standard InChI is InChI=1S/C23H26O5/c24-21(25)16-26-14-13-23-11-9-22(10-12-23,17-27-23)18-5-4-8-20(15-18)28-19-6-2-1-3-7-19/h1-8,15H,9-14,16-17H2,(H,24,25). The summed E-state index contributed by atoms with van der Waals surface area (Å²) in [6.07, 6.45) is 4.86. The molecule has 0 spiro atoms. The minimum Gasteiger partial charge on any atom is -0.480 e. The third-order valence-corrected chi connectivity index (χ3v) is 6.13. The first kappa shape index (κ1) is 19.0. The number of fused-ring (bicyclic) bond motifs is 3. The number of benzene rings is 2. The fourth-order valence-corrected chi connectivity index (χ4v) is 4.39. The molecule has 1 aliphatic carbocycles. The van der Waals surface area contributed by atoms with E-state index in [2.05, 4.69) is 18.2 Å². The predicted octanol–water partition coefficient (Wildman–Crippen LogP) is 4.55. The first-order valence-electron chi connectivity index (χ1n) is 9.86. The lowest BCUT2D eigenvalue weighted by atomic mass is 9.62. The van der Waals surface area contributed by atoms with Crippen LogP contribution in [0.25, 0.3) is 0 Å². The van der Waals surface area contributed by atoms with Gasteiger partial charge in [-0.25, -0.2) is 4.79 Å². The van der Waals surface area contributed by atoms with E-state index in [1.165, 1.54) is 5.56 Å². The van der Waals surface area contributed by atoms with Crippen molar-refractivity contribution in [2.45, 2.75) is 43.1 Å². The van der Waals surface area contributed by atoms with E-state index in [1.54, 1.807) is 0 Å². The van der Waals surface area contributed by atoms with Gasteiger partial charge in [0.1, 0.15) is 18.1 Å². The summed E-state index contributed by atoms with van der Waals surface area (Å²) in [6.45, 7) is 0.884. The molecule has 2 bridgehead atoms. The molecule has 28 heavy (non-hydrogen) atoms. The maximum absolute atomic E-state index is 10.6. The van der Waals surface area contributed by atoms with Crippen molar-refractivity contribution in [3.05, 3.63) is 60.2 Å². The zero-order valence-electron chi connectivity index (χ0n) is 15.9. The van der Waals surface area contributed by atoms with Crippen molar-refractivity contribution in [3.63, 3.8) is 0 Å². The second-order valence-corrected chi connectivity index (χ2v) is 7.89. The van der Waals surface area contributed by atoms with Crippen LogP contribution in [0.5, 0.6) is 11.5 Å². The normalized spacial score (nSPS) is 26.1. The lowest BCUT2D eigenvalue weighted by molar-refractivity contribution is -0.168. The fraction of sp³-hybridized carbons (Fsp3) is 0.435. The Morgan fingerprint density at radius 1 is 1.00 bits per heavy atom. The summed E-state index contributed by atoms with van der Waals surface area (Å²) in [6, 6.07) is 18.2. The molecule has 148 valence electrons. The third-order valence-electron chi connectivity index (χ3n) is 6.13. The highest BCUT2D eigenvalue weighted by atomic mass is 16.5. The second kappa shape index (κ2) is 7.94. The Morgan fingerprint density at radius 3 is 2.43 bits per heavy atom. The molecule has 0 radical (unpaired) electrons. The van der Waals surface area contributed by atoms with Crippen molar-refractivity contribution in [2.24, 2.45) is 0 Å². The third kappa shape index (κ3) is 4.05. The molecule has 1 saturated carbocycles. The molecule has 0 atom stereocenters. The fourth-order valence-electron chi connectivity index (χ4n) is 4.39. The van der Waals surface area contributed by atoms with Crippen LogP contribution in [0.15, 0.2) is 54.6 Å². The molecule has 3 aliphatic rings. The Labute approximate surface area is 165 Å². The van der Waals surface area contributed by atoms with Crippen molar-refractivity contribution in [1.29, 1.82) is 0 Å². The smallest absolute Gasteiger partial charge is 0.329 e. The maximum atomic E-state index is 10.6. The van der Waals surface area contributed by atoms with Crippen molar-refractivity contribution >= 4 is 5.97 Å². The molecule has 5 heteroatoms. The largest absolute Gasteiger partial charge is 0.480 e. The number of hydrogen-bond acceptors (Lipinski definition) is 4. The highest BCUT2D eigenvalue weighted by Crippen LogP contribution is 2.52. The highest BCUT2D eigenvalue weighted by Gasteiger charge is 2.50. The van der Waals surface area contributed by atoms with Gasteiger partial charge in [-0.3, -0.25) is 0 Å². The molecule has 2 aromatic rings. The Balaban J connectivity index is 1.40. The van der Waals surface area contributed by atoms with Gasteiger partial charge >= 0.3 is 5.97 Å². The molecule has 0 aromatic heterocycles. The van der Waals surface area contributed by atoms with E-state index in [1.807, 2.05) is 36.4 Å². The van der Waals surface area contributed by atoms with E-state index >= 15 is 0 Å². The molecular weight excluding hydrogens is 356 g/mol.